The lowest BCUT2D eigenvalue weighted by atomic mass is 10.1. The lowest BCUT2D eigenvalue weighted by molar-refractivity contribution is 0.0681. The first-order valence-corrected chi connectivity index (χ1v) is 10.5. The molecule has 26 heavy (non-hydrogen) atoms. The summed E-state index contributed by atoms with van der Waals surface area (Å²) in [6.45, 7) is 0.308. The highest BCUT2D eigenvalue weighted by Crippen LogP contribution is 2.24. The number of hydrogen-bond acceptors (Lipinski definition) is 4. The molecular weight excluding hydrogens is 374 g/mol. The van der Waals surface area contributed by atoms with E-state index in [0.29, 0.717) is 29.3 Å². The van der Waals surface area contributed by atoms with Crippen molar-refractivity contribution >= 4 is 27.3 Å². The first kappa shape index (κ1) is 18.7. The van der Waals surface area contributed by atoms with Crippen LogP contribution < -0.4 is 4.74 Å². The molecule has 5 nitrogen and oxygen atoms in total. The van der Waals surface area contributed by atoms with Crippen molar-refractivity contribution in [3.8, 4) is 5.75 Å². The average molecular weight is 394 g/mol. The van der Waals surface area contributed by atoms with Crippen LogP contribution in [0.25, 0.3) is 0 Å². The first-order chi connectivity index (χ1) is 12.4. The van der Waals surface area contributed by atoms with Crippen LogP contribution in [0.2, 0.25) is 5.02 Å². The molecular formula is C19H20ClNO4S. The summed E-state index contributed by atoms with van der Waals surface area (Å²) in [5.41, 5.74) is 1.33. The number of nitrogens with zero attached hydrogens (tertiary/aromatic N) is 1. The van der Waals surface area contributed by atoms with E-state index in [1.54, 1.807) is 36.3 Å². The Kier molecular flexibility index (Phi) is 5.53. The van der Waals surface area contributed by atoms with Gasteiger partial charge in [-0.15, -0.1) is 0 Å². The molecule has 0 N–H and O–H groups in total. The number of methoxy groups -OCH3 is 1. The fourth-order valence-corrected chi connectivity index (χ4v) is 5.06. The monoisotopic (exact) mass is 393 g/mol. The van der Waals surface area contributed by atoms with Crippen LogP contribution in [0.3, 0.4) is 0 Å². The number of carbonyl (C=O) groups is 1. The highest BCUT2D eigenvalue weighted by Gasteiger charge is 2.35. The molecule has 1 aliphatic heterocycles. The molecule has 1 fully saturated rings. The maximum absolute atomic E-state index is 13.1. The van der Waals surface area contributed by atoms with Gasteiger partial charge < -0.3 is 9.64 Å². The second-order valence-electron chi connectivity index (χ2n) is 6.35. The maximum Gasteiger partial charge on any atom is 0.254 e. The highest BCUT2D eigenvalue weighted by molar-refractivity contribution is 7.91. The first-order valence-electron chi connectivity index (χ1n) is 8.28. The predicted octanol–water partition coefficient (Wildman–Crippen LogP) is 3.18. The Morgan fingerprint density at radius 1 is 1.23 bits per heavy atom. The van der Waals surface area contributed by atoms with E-state index in [1.807, 2.05) is 24.3 Å². The van der Waals surface area contributed by atoms with E-state index in [9.17, 15) is 13.2 Å². The van der Waals surface area contributed by atoms with Crippen molar-refractivity contribution in [3.05, 3.63) is 64.7 Å². The molecule has 1 saturated heterocycles. The fourth-order valence-electron chi connectivity index (χ4n) is 3.14. The number of carbonyl (C=O) groups excluding carboxylic acids is 1. The molecule has 138 valence electrons. The second kappa shape index (κ2) is 7.68. The van der Waals surface area contributed by atoms with E-state index in [4.69, 9.17) is 16.3 Å². The molecule has 0 aliphatic carbocycles. The van der Waals surface area contributed by atoms with E-state index in [1.165, 1.54) is 0 Å². The third-order valence-electron chi connectivity index (χ3n) is 4.47. The SMILES string of the molecule is COc1cccc(CN(C(=O)c2cccc(Cl)c2)[C@@H]2CCS(=O)(=O)C2)c1. The molecule has 7 heteroatoms. The van der Waals surface area contributed by atoms with E-state index in [2.05, 4.69) is 0 Å². The van der Waals surface area contributed by atoms with Crippen LogP contribution in [0, 0.1) is 0 Å². The number of rotatable bonds is 5. The maximum atomic E-state index is 13.1. The summed E-state index contributed by atoms with van der Waals surface area (Å²) in [4.78, 5) is 14.7. The van der Waals surface area contributed by atoms with E-state index in [-0.39, 0.29) is 23.5 Å². The second-order valence-corrected chi connectivity index (χ2v) is 9.02. The van der Waals surface area contributed by atoms with Crippen molar-refractivity contribution in [1.82, 2.24) is 4.90 Å². The predicted molar refractivity (Wildman–Crippen MR) is 101 cm³/mol. The topological polar surface area (TPSA) is 63.7 Å². The molecule has 1 amide bonds. The van der Waals surface area contributed by atoms with Gasteiger partial charge in [-0.05, 0) is 42.3 Å². The number of amides is 1. The molecule has 0 unspecified atom stereocenters. The summed E-state index contributed by atoms with van der Waals surface area (Å²) in [7, 11) is -1.53. The number of hydrogen-bond donors (Lipinski definition) is 0. The fraction of sp³-hybridized carbons (Fsp3) is 0.316. The highest BCUT2D eigenvalue weighted by atomic mass is 35.5. The molecule has 0 spiro atoms. The third kappa shape index (κ3) is 4.37. The van der Waals surface area contributed by atoms with Crippen molar-refractivity contribution in [2.45, 2.75) is 19.0 Å². The molecule has 1 heterocycles. The summed E-state index contributed by atoms with van der Waals surface area (Å²) in [6, 6.07) is 13.8. The van der Waals surface area contributed by atoms with Crippen LogP contribution in [-0.4, -0.2) is 43.9 Å². The molecule has 0 radical (unpaired) electrons. The van der Waals surface area contributed by atoms with E-state index in [0.717, 1.165) is 5.56 Å². The number of sulfone groups is 1. The van der Waals surface area contributed by atoms with E-state index >= 15 is 0 Å². The molecule has 1 atom stereocenters. The lowest BCUT2D eigenvalue weighted by Crippen LogP contribution is -2.40. The van der Waals surface area contributed by atoms with Crippen molar-refractivity contribution in [3.63, 3.8) is 0 Å². The van der Waals surface area contributed by atoms with Crippen molar-refractivity contribution in [2.24, 2.45) is 0 Å². The smallest absolute Gasteiger partial charge is 0.254 e. The van der Waals surface area contributed by atoms with E-state index < -0.39 is 9.84 Å². The quantitative estimate of drug-likeness (QED) is 0.782. The van der Waals surface area contributed by atoms with Crippen molar-refractivity contribution < 1.29 is 17.9 Å². The van der Waals surface area contributed by atoms with Crippen LogP contribution in [0.4, 0.5) is 0 Å². The summed E-state index contributed by atoms with van der Waals surface area (Å²) < 4.78 is 29.1. The van der Waals surface area contributed by atoms with Gasteiger partial charge in [-0.3, -0.25) is 4.79 Å². The van der Waals surface area contributed by atoms with Gasteiger partial charge >= 0.3 is 0 Å². The van der Waals surface area contributed by atoms with Gasteiger partial charge in [0.25, 0.3) is 5.91 Å². The number of benzene rings is 2. The van der Waals surface area contributed by atoms with Crippen LogP contribution in [0.15, 0.2) is 48.5 Å². The van der Waals surface area contributed by atoms with Gasteiger partial charge in [0.1, 0.15) is 5.75 Å². The zero-order valence-corrected chi connectivity index (χ0v) is 16.0. The minimum absolute atomic E-state index is 0.0106. The van der Waals surface area contributed by atoms with Crippen LogP contribution in [0.5, 0.6) is 5.75 Å². The zero-order chi connectivity index (χ0) is 18.7. The third-order valence-corrected chi connectivity index (χ3v) is 6.45. The van der Waals surface area contributed by atoms with Crippen LogP contribution in [0.1, 0.15) is 22.3 Å². The lowest BCUT2D eigenvalue weighted by Gasteiger charge is -2.28. The standard InChI is InChI=1S/C19H20ClNO4S/c1-25-18-7-2-4-14(10-18)12-21(17-8-9-26(23,24)13-17)19(22)15-5-3-6-16(20)11-15/h2-7,10-11,17H,8-9,12-13H2,1H3/t17-/m1/s1. The van der Waals surface area contributed by atoms with Crippen LogP contribution >= 0.6 is 11.6 Å². The Labute approximate surface area is 158 Å². The molecule has 1 aliphatic rings. The number of halogens is 1. The molecule has 0 aromatic heterocycles. The van der Waals surface area contributed by atoms with Gasteiger partial charge in [0, 0.05) is 23.2 Å². The Balaban J connectivity index is 1.92. The van der Waals surface area contributed by atoms with Gasteiger partial charge in [0.05, 0.1) is 18.6 Å². The summed E-state index contributed by atoms with van der Waals surface area (Å²) in [6.07, 6.45) is 0.443. The average Bonchev–Trinajstić information content (AvgIpc) is 2.99. The Bertz CT molecular complexity index is 913. The largest absolute Gasteiger partial charge is 0.497 e. The van der Waals surface area contributed by atoms with Gasteiger partial charge in [-0.2, -0.15) is 0 Å². The molecule has 0 bridgehead atoms. The Morgan fingerprint density at radius 2 is 2.00 bits per heavy atom. The molecule has 2 aromatic carbocycles. The molecule has 0 saturated carbocycles. The Hall–Kier alpha value is -2.05. The van der Waals surface area contributed by atoms with Crippen molar-refractivity contribution in [2.75, 3.05) is 18.6 Å². The van der Waals surface area contributed by atoms with Crippen molar-refractivity contribution in [1.29, 1.82) is 0 Å². The molecule has 3 rings (SSSR count). The molecule has 2 aromatic rings. The summed E-state index contributed by atoms with van der Waals surface area (Å²) in [5, 5.41) is 0.469. The van der Waals surface area contributed by atoms with Gasteiger partial charge in [0.15, 0.2) is 9.84 Å². The summed E-state index contributed by atoms with van der Waals surface area (Å²) >= 11 is 6.02. The van der Waals surface area contributed by atoms with Gasteiger partial charge in [-0.25, -0.2) is 8.42 Å². The van der Waals surface area contributed by atoms with Crippen LogP contribution in [-0.2, 0) is 16.4 Å². The minimum atomic E-state index is -3.11. The van der Waals surface area contributed by atoms with Gasteiger partial charge in [-0.1, -0.05) is 29.8 Å². The minimum Gasteiger partial charge on any atom is -0.497 e. The Morgan fingerprint density at radius 3 is 2.65 bits per heavy atom. The number of ether oxygens (including phenoxy) is 1. The summed E-state index contributed by atoms with van der Waals surface area (Å²) in [5.74, 6) is 0.562. The zero-order valence-electron chi connectivity index (χ0n) is 14.4. The normalized spacial score (nSPS) is 18.5. The van der Waals surface area contributed by atoms with Gasteiger partial charge in [0.2, 0.25) is 0 Å².